The van der Waals surface area contributed by atoms with Gasteiger partial charge in [0.1, 0.15) is 5.03 Å². The maximum Gasteiger partial charge on any atom is 0.228 e. The quantitative estimate of drug-likeness (QED) is 0.502. The lowest BCUT2D eigenvalue weighted by Crippen LogP contribution is -2.36. The summed E-state index contributed by atoms with van der Waals surface area (Å²) in [4.78, 5) is 23.3. The van der Waals surface area contributed by atoms with E-state index in [-0.39, 0.29) is 5.91 Å². The Morgan fingerprint density at radius 3 is 2.42 bits per heavy atom. The Morgan fingerprint density at radius 2 is 1.74 bits per heavy atom. The lowest BCUT2D eigenvalue weighted by molar-refractivity contribution is -0.114. The van der Waals surface area contributed by atoms with Crippen LogP contribution in [0.5, 0.6) is 0 Å². The molecule has 4 N–H and O–H groups in total. The molecule has 2 aromatic carbocycles. The fourth-order valence-corrected chi connectivity index (χ4v) is 3.94. The van der Waals surface area contributed by atoms with Gasteiger partial charge in [-0.1, -0.05) is 11.8 Å². The van der Waals surface area contributed by atoms with Gasteiger partial charge in [0.25, 0.3) is 0 Å². The fourth-order valence-electron chi connectivity index (χ4n) is 3.14. The summed E-state index contributed by atoms with van der Waals surface area (Å²) in [6, 6.07) is 15.7. The molecule has 1 aromatic heterocycles. The van der Waals surface area contributed by atoms with Gasteiger partial charge in [0.2, 0.25) is 11.9 Å². The minimum atomic E-state index is -0.103. The Kier molecular flexibility index (Phi) is 6.54. The number of amides is 1. The van der Waals surface area contributed by atoms with Gasteiger partial charge in [0, 0.05) is 42.0 Å². The number of hydrogen-bond acceptors (Lipinski definition) is 8. The zero-order chi connectivity index (χ0) is 21.6. The van der Waals surface area contributed by atoms with Crippen LogP contribution in [0.2, 0.25) is 0 Å². The molecule has 1 amide bonds. The van der Waals surface area contributed by atoms with Crippen LogP contribution in [-0.4, -0.2) is 42.2 Å². The molecule has 0 bridgehead atoms. The van der Waals surface area contributed by atoms with Crippen molar-refractivity contribution in [3.63, 3.8) is 0 Å². The molecule has 0 unspecified atom stereocenters. The van der Waals surface area contributed by atoms with Crippen LogP contribution >= 0.6 is 11.8 Å². The van der Waals surface area contributed by atoms with Gasteiger partial charge in [0.15, 0.2) is 0 Å². The van der Waals surface area contributed by atoms with Crippen LogP contribution in [0, 0.1) is 0 Å². The molecule has 0 spiro atoms. The summed E-state index contributed by atoms with van der Waals surface area (Å²) < 4.78 is 5.41. The molecule has 0 saturated carbocycles. The van der Waals surface area contributed by atoms with Crippen LogP contribution < -0.4 is 21.3 Å². The molecule has 0 aliphatic carbocycles. The zero-order valence-electron chi connectivity index (χ0n) is 17.2. The van der Waals surface area contributed by atoms with E-state index in [9.17, 15) is 4.79 Å². The first-order valence-electron chi connectivity index (χ1n) is 9.94. The first-order chi connectivity index (χ1) is 15.1. The maximum absolute atomic E-state index is 11.2. The summed E-state index contributed by atoms with van der Waals surface area (Å²) in [7, 11) is 0. The Balaban J connectivity index is 1.43. The largest absolute Gasteiger partial charge is 0.395 e. The number of nitrogens with two attached hydrogens (primary N) is 1. The first-order valence-corrected chi connectivity index (χ1v) is 10.8. The van der Waals surface area contributed by atoms with Crippen LogP contribution in [0.15, 0.2) is 64.6 Å². The van der Waals surface area contributed by atoms with Gasteiger partial charge in [-0.25, -0.2) is 9.97 Å². The third kappa shape index (κ3) is 5.65. The number of carbonyl (C=O) groups excluding carboxylic acids is 1. The number of aromatic nitrogens is 2. The highest BCUT2D eigenvalue weighted by Gasteiger charge is 2.11. The molecule has 0 atom stereocenters. The molecule has 1 saturated heterocycles. The molecule has 4 rings (SSSR count). The second-order valence-corrected chi connectivity index (χ2v) is 8.10. The van der Waals surface area contributed by atoms with E-state index < -0.39 is 0 Å². The number of morpholine rings is 1. The van der Waals surface area contributed by atoms with E-state index in [4.69, 9.17) is 10.5 Å². The third-order valence-corrected chi connectivity index (χ3v) is 5.70. The molecule has 1 fully saturated rings. The van der Waals surface area contributed by atoms with Crippen molar-refractivity contribution < 1.29 is 9.53 Å². The van der Waals surface area contributed by atoms with Gasteiger partial charge in [-0.05, 0) is 48.5 Å². The van der Waals surface area contributed by atoms with Crippen LogP contribution in [0.1, 0.15) is 6.92 Å². The van der Waals surface area contributed by atoms with Crippen molar-refractivity contribution in [2.24, 2.45) is 0 Å². The number of ether oxygens (including phenoxy) is 1. The summed E-state index contributed by atoms with van der Waals surface area (Å²) in [5.74, 6) is 0.375. The Bertz CT molecular complexity index is 1040. The summed E-state index contributed by atoms with van der Waals surface area (Å²) >= 11 is 1.44. The van der Waals surface area contributed by atoms with E-state index in [0.29, 0.717) is 16.7 Å². The van der Waals surface area contributed by atoms with Crippen molar-refractivity contribution in [1.82, 2.24) is 9.97 Å². The highest BCUT2D eigenvalue weighted by atomic mass is 32.2. The van der Waals surface area contributed by atoms with Gasteiger partial charge in [-0.15, -0.1) is 0 Å². The lowest BCUT2D eigenvalue weighted by Gasteiger charge is -2.28. The topological polar surface area (TPSA) is 105 Å². The first kappa shape index (κ1) is 21.0. The van der Waals surface area contributed by atoms with Crippen LogP contribution in [-0.2, 0) is 9.53 Å². The number of hydrogen-bond donors (Lipinski definition) is 3. The zero-order valence-corrected chi connectivity index (χ0v) is 18.0. The lowest BCUT2D eigenvalue weighted by atomic mass is 10.2. The third-order valence-electron chi connectivity index (χ3n) is 4.67. The average Bonchev–Trinajstić information content (AvgIpc) is 2.78. The minimum absolute atomic E-state index is 0.103. The number of benzene rings is 2. The molecule has 0 radical (unpaired) electrons. The number of rotatable bonds is 6. The van der Waals surface area contributed by atoms with Crippen molar-refractivity contribution in [3.05, 3.63) is 54.7 Å². The van der Waals surface area contributed by atoms with Gasteiger partial charge in [-0.2, -0.15) is 0 Å². The molecule has 1 aliphatic rings. The number of nitrogens with one attached hydrogen (secondary N) is 2. The molecular weight excluding hydrogens is 412 g/mol. The van der Waals surface area contributed by atoms with E-state index in [2.05, 4.69) is 37.6 Å². The summed E-state index contributed by atoms with van der Waals surface area (Å²) in [6.07, 6.45) is 1.60. The number of anilines is 5. The van der Waals surface area contributed by atoms with E-state index in [1.54, 1.807) is 6.20 Å². The molecule has 160 valence electrons. The molecule has 3 aromatic rings. The fraction of sp³-hybridized carbons (Fsp3) is 0.227. The van der Waals surface area contributed by atoms with Crippen molar-refractivity contribution in [2.75, 3.05) is 47.6 Å². The SMILES string of the molecule is CC(=O)Nc1ccc(Sc2nc(Nc3ccc(N4CCOCC4)cc3)ncc2N)cc1. The summed E-state index contributed by atoms with van der Waals surface area (Å²) in [5, 5.41) is 6.65. The van der Waals surface area contributed by atoms with E-state index in [0.717, 1.165) is 42.6 Å². The Morgan fingerprint density at radius 1 is 1.06 bits per heavy atom. The normalized spacial score (nSPS) is 13.6. The van der Waals surface area contributed by atoms with Crippen LogP contribution in [0.4, 0.5) is 28.7 Å². The van der Waals surface area contributed by atoms with Gasteiger partial charge in [0.05, 0.1) is 25.1 Å². The second kappa shape index (κ2) is 9.67. The second-order valence-electron chi connectivity index (χ2n) is 7.03. The van der Waals surface area contributed by atoms with Crippen molar-refractivity contribution in [2.45, 2.75) is 16.8 Å². The van der Waals surface area contributed by atoms with E-state index in [1.165, 1.54) is 24.4 Å². The van der Waals surface area contributed by atoms with E-state index >= 15 is 0 Å². The molecule has 2 heterocycles. The van der Waals surface area contributed by atoms with Gasteiger partial charge < -0.3 is 26.0 Å². The molecule has 9 heteroatoms. The number of nitrogens with zero attached hydrogens (tertiary/aromatic N) is 3. The van der Waals surface area contributed by atoms with Crippen molar-refractivity contribution in [1.29, 1.82) is 0 Å². The number of nitrogen functional groups attached to an aromatic ring is 1. The summed E-state index contributed by atoms with van der Waals surface area (Å²) in [6.45, 7) is 4.81. The number of carbonyl (C=O) groups is 1. The Hall–Kier alpha value is -3.30. The maximum atomic E-state index is 11.2. The smallest absolute Gasteiger partial charge is 0.228 e. The predicted molar refractivity (Wildman–Crippen MR) is 124 cm³/mol. The highest BCUT2D eigenvalue weighted by Crippen LogP contribution is 2.32. The highest BCUT2D eigenvalue weighted by molar-refractivity contribution is 7.99. The molecule has 31 heavy (non-hydrogen) atoms. The van der Waals surface area contributed by atoms with Gasteiger partial charge >= 0.3 is 0 Å². The summed E-state index contributed by atoms with van der Waals surface area (Å²) in [5.41, 5.74) is 9.40. The minimum Gasteiger partial charge on any atom is -0.395 e. The standard InChI is InChI=1S/C22H24N6O2S/c1-15(29)25-16-4-8-19(9-5-16)31-21-20(23)14-24-22(27-21)26-17-2-6-18(7-3-17)28-10-12-30-13-11-28/h2-9,14H,10-13,23H2,1H3,(H,25,29)(H,24,26,27). The van der Waals surface area contributed by atoms with Gasteiger partial charge in [-0.3, -0.25) is 4.79 Å². The molecule has 8 nitrogen and oxygen atoms in total. The predicted octanol–water partition coefficient (Wildman–Crippen LogP) is 3.75. The molecular formula is C22H24N6O2S. The van der Waals surface area contributed by atoms with E-state index in [1.807, 2.05) is 36.4 Å². The average molecular weight is 437 g/mol. The van der Waals surface area contributed by atoms with Crippen molar-refractivity contribution in [3.8, 4) is 0 Å². The molecule has 1 aliphatic heterocycles. The van der Waals surface area contributed by atoms with Crippen LogP contribution in [0.3, 0.4) is 0 Å². The van der Waals surface area contributed by atoms with Crippen LogP contribution in [0.25, 0.3) is 0 Å². The monoisotopic (exact) mass is 436 g/mol. The van der Waals surface area contributed by atoms with Crippen molar-refractivity contribution >= 4 is 46.4 Å². The Labute approximate surface area is 185 Å².